The number of methoxy groups -OCH3 is 2. The first-order valence-electron chi connectivity index (χ1n) is 5.00. The van der Waals surface area contributed by atoms with Crippen LogP contribution in [0.1, 0.15) is 19.4 Å². The maximum atomic E-state index is 11.3. The maximum absolute atomic E-state index is 11.3. The van der Waals surface area contributed by atoms with Crippen molar-refractivity contribution in [2.45, 2.75) is 13.8 Å². The second kappa shape index (κ2) is 5.35. The molecule has 0 spiro atoms. The zero-order valence-corrected chi connectivity index (χ0v) is 10.0. The number of ether oxygens (including phenoxy) is 2. The molecule has 0 radical (unpaired) electrons. The van der Waals surface area contributed by atoms with Crippen molar-refractivity contribution < 1.29 is 14.3 Å². The quantitative estimate of drug-likeness (QED) is 0.580. The number of carbonyl (C=O) groups is 1. The van der Waals surface area contributed by atoms with Gasteiger partial charge in [0.1, 0.15) is 5.75 Å². The van der Waals surface area contributed by atoms with E-state index in [1.54, 1.807) is 14.0 Å². The van der Waals surface area contributed by atoms with Crippen LogP contribution in [0.5, 0.6) is 5.75 Å². The fourth-order valence-electron chi connectivity index (χ4n) is 1.36. The van der Waals surface area contributed by atoms with E-state index in [4.69, 9.17) is 4.74 Å². The predicted octanol–water partition coefficient (Wildman–Crippen LogP) is 2.66. The van der Waals surface area contributed by atoms with E-state index in [9.17, 15) is 4.79 Å². The molecule has 0 unspecified atom stereocenters. The topological polar surface area (TPSA) is 35.5 Å². The molecule has 0 bridgehead atoms. The first-order chi connectivity index (χ1) is 7.60. The van der Waals surface area contributed by atoms with E-state index in [0.717, 1.165) is 16.9 Å². The second-order valence-electron chi connectivity index (χ2n) is 3.47. The van der Waals surface area contributed by atoms with Crippen molar-refractivity contribution in [2.24, 2.45) is 0 Å². The van der Waals surface area contributed by atoms with Gasteiger partial charge in [0.15, 0.2) is 0 Å². The summed E-state index contributed by atoms with van der Waals surface area (Å²) in [6.45, 7) is 3.65. The lowest BCUT2D eigenvalue weighted by atomic mass is 10.0. The molecule has 0 atom stereocenters. The molecule has 16 heavy (non-hydrogen) atoms. The summed E-state index contributed by atoms with van der Waals surface area (Å²) < 4.78 is 9.75. The molecule has 0 aliphatic heterocycles. The van der Waals surface area contributed by atoms with Crippen LogP contribution in [-0.2, 0) is 9.53 Å². The maximum Gasteiger partial charge on any atom is 0.333 e. The summed E-state index contributed by atoms with van der Waals surface area (Å²) in [6.07, 6.45) is 0. The molecule has 1 aromatic carbocycles. The summed E-state index contributed by atoms with van der Waals surface area (Å²) in [7, 11) is 3.00. The standard InChI is InChI=1S/C13H16O3/c1-9(10(2)13(14)16-4)11-5-7-12(15-3)8-6-11/h5-8H,1-4H3/b10-9-. The molecular formula is C13H16O3. The SMILES string of the molecule is COC(=O)/C(C)=C(/C)c1ccc(OC)cc1. The predicted molar refractivity (Wildman–Crippen MR) is 63.3 cm³/mol. The van der Waals surface area contributed by atoms with Gasteiger partial charge >= 0.3 is 5.97 Å². The van der Waals surface area contributed by atoms with Gasteiger partial charge in [0.25, 0.3) is 0 Å². The van der Waals surface area contributed by atoms with Crippen LogP contribution in [0.15, 0.2) is 29.8 Å². The summed E-state index contributed by atoms with van der Waals surface area (Å²) in [5.74, 6) is 0.501. The van der Waals surface area contributed by atoms with Crippen molar-refractivity contribution in [3.63, 3.8) is 0 Å². The summed E-state index contributed by atoms with van der Waals surface area (Å²) in [5, 5.41) is 0. The van der Waals surface area contributed by atoms with Gasteiger partial charge in [-0.05, 0) is 37.1 Å². The number of rotatable bonds is 3. The zero-order chi connectivity index (χ0) is 12.1. The minimum Gasteiger partial charge on any atom is -0.497 e. The molecule has 0 saturated heterocycles. The molecule has 0 saturated carbocycles. The lowest BCUT2D eigenvalue weighted by Gasteiger charge is -2.07. The molecule has 0 aliphatic rings. The van der Waals surface area contributed by atoms with Crippen LogP contribution < -0.4 is 4.74 Å². The number of hydrogen-bond donors (Lipinski definition) is 0. The molecule has 0 aliphatic carbocycles. The average Bonchev–Trinajstić information content (AvgIpc) is 2.36. The highest BCUT2D eigenvalue weighted by Crippen LogP contribution is 2.21. The molecule has 86 valence electrons. The van der Waals surface area contributed by atoms with Gasteiger partial charge in [-0.15, -0.1) is 0 Å². The van der Waals surface area contributed by atoms with Gasteiger partial charge in [0, 0.05) is 5.57 Å². The van der Waals surface area contributed by atoms with Gasteiger partial charge < -0.3 is 9.47 Å². The van der Waals surface area contributed by atoms with Crippen LogP contribution in [0.25, 0.3) is 5.57 Å². The van der Waals surface area contributed by atoms with Gasteiger partial charge in [0.05, 0.1) is 14.2 Å². The number of benzene rings is 1. The first kappa shape index (κ1) is 12.3. The fraction of sp³-hybridized carbons (Fsp3) is 0.308. The molecule has 0 amide bonds. The monoisotopic (exact) mass is 220 g/mol. The highest BCUT2D eigenvalue weighted by atomic mass is 16.5. The smallest absolute Gasteiger partial charge is 0.333 e. The van der Waals surface area contributed by atoms with E-state index >= 15 is 0 Å². The molecule has 3 heteroatoms. The molecule has 1 aromatic rings. The van der Waals surface area contributed by atoms with Crippen molar-refractivity contribution in [3.05, 3.63) is 35.4 Å². The third-order valence-corrected chi connectivity index (χ3v) is 2.58. The molecule has 1 rings (SSSR count). The van der Waals surface area contributed by atoms with Crippen LogP contribution in [0.4, 0.5) is 0 Å². The largest absolute Gasteiger partial charge is 0.497 e. The number of allylic oxidation sites excluding steroid dienone is 1. The Balaban J connectivity index is 3.03. The molecule has 3 nitrogen and oxygen atoms in total. The molecular weight excluding hydrogens is 204 g/mol. The summed E-state index contributed by atoms with van der Waals surface area (Å²) in [4.78, 5) is 11.3. The van der Waals surface area contributed by atoms with E-state index in [1.807, 2.05) is 31.2 Å². The number of esters is 1. The van der Waals surface area contributed by atoms with Crippen molar-refractivity contribution >= 4 is 11.5 Å². The highest BCUT2D eigenvalue weighted by Gasteiger charge is 2.08. The van der Waals surface area contributed by atoms with E-state index < -0.39 is 0 Å². The van der Waals surface area contributed by atoms with Crippen molar-refractivity contribution in [1.29, 1.82) is 0 Å². The van der Waals surface area contributed by atoms with Crippen LogP contribution >= 0.6 is 0 Å². The highest BCUT2D eigenvalue weighted by molar-refractivity contribution is 5.96. The lowest BCUT2D eigenvalue weighted by Crippen LogP contribution is -2.03. The van der Waals surface area contributed by atoms with E-state index in [1.165, 1.54) is 7.11 Å². The van der Waals surface area contributed by atoms with E-state index in [0.29, 0.717) is 5.57 Å². The molecule has 0 heterocycles. The minimum atomic E-state index is -0.298. The normalized spacial score (nSPS) is 11.8. The summed E-state index contributed by atoms with van der Waals surface area (Å²) in [5.41, 5.74) is 2.52. The van der Waals surface area contributed by atoms with Gasteiger partial charge in [-0.25, -0.2) is 4.79 Å². The average molecular weight is 220 g/mol. The van der Waals surface area contributed by atoms with Crippen LogP contribution in [0.3, 0.4) is 0 Å². The van der Waals surface area contributed by atoms with Crippen molar-refractivity contribution in [3.8, 4) is 5.75 Å². The van der Waals surface area contributed by atoms with Crippen LogP contribution in [0.2, 0.25) is 0 Å². The molecule has 0 aromatic heterocycles. The third-order valence-electron chi connectivity index (χ3n) is 2.58. The van der Waals surface area contributed by atoms with Crippen LogP contribution in [-0.4, -0.2) is 20.2 Å². The lowest BCUT2D eigenvalue weighted by molar-refractivity contribution is -0.135. The fourth-order valence-corrected chi connectivity index (χ4v) is 1.36. The zero-order valence-electron chi connectivity index (χ0n) is 10.0. The Morgan fingerprint density at radius 2 is 1.62 bits per heavy atom. The van der Waals surface area contributed by atoms with Crippen LogP contribution in [0, 0.1) is 0 Å². The van der Waals surface area contributed by atoms with Gasteiger partial charge in [0.2, 0.25) is 0 Å². The Morgan fingerprint density at radius 3 is 2.06 bits per heavy atom. The van der Waals surface area contributed by atoms with Gasteiger partial charge in [-0.2, -0.15) is 0 Å². The molecule has 0 fully saturated rings. The van der Waals surface area contributed by atoms with Gasteiger partial charge in [-0.3, -0.25) is 0 Å². The second-order valence-corrected chi connectivity index (χ2v) is 3.47. The minimum absolute atomic E-state index is 0.298. The Morgan fingerprint density at radius 1 is 1.06 bits per heavy atom. The summed E-state index contributed by atoms with van der Waals surface area (Å²) >= 11 is 0. The van der Waals surface area contributed by atoms with Crippen molar-refractivity contribution in [1.82, 2.24) is 0 Å². The van der Waals surface area contributed by atoms with Crippen molar-refractivity contribution in [2.75, 3.05) is 14.2 Å². The Hall–Kier alpha value is -1.77. The van der Waals surface area contributed by atoms with Gasteiger partial charge in [-0.1, -0.05) is 12.1 Å². The van der Waals surface area contributed by atoms with E-state index in [-0.39, 0.29) is 5.97 Å². The Bertz CT molecular complexity index is 402. The molecule has 0 N–H and O–H groups in total. The Kier molecular flexibility index (Phi) is 4.11. The number of carbonyl (C=O) groups excluding carboxylic acids is 1. The first-order valence-corrected chi connectivity index (χ1v) is 5.00. The summed E-state index contributed by atoms with van der Waals surface area (Å²) in [6, 6.07) is 7.56. The Labute approximate surface area is 95.7 Å². The van der Waals surface area contributed by atoms with E-state index in [2.05, 4.69) is 4.74 Å². The third kappa shape index (κ3) is 2.63. The number of hydrogen-bond acceptors (Lipinski definition) is 3.